The molecule has 352 valence electrons. The van der Waals surface area contributed by atoms with Crippen LogP contribution in [0.15, 0.2) is 0 Å². The molecule has 0 radical (unpaired) electrons. The molecule has 2 saturated carbocycles. The minimum absolute atomic E-state index is 0.752. The molecular weight excluding hydrogens is 971 g/mol. The maximum Gasteiger partial charge on any atom is 0.472 e. The van der Waals surface area contributed by atoms with Crippen LogP contribution in [0.25, 0.3) is 0 Å². The van der Waals surface area contributed by atoms with Gasteiger partial charge in [0, 0.05) is 0 Å². The molecule has 2 unspecified atom stereocenters. The molecule has 0 amide bonds. The van der Waals surface area contributed by atoms with Gasteiger partial charge in [0.05, 0.1) is 25.3 Å². The van der Waals surface area contributed by atoms with Crippen LogP contribution < -0.4 is 0 Å². The standard InChI is InChI=1S/C22H21F24N2O8PS2/c1-3-5-9(7-47(45)58(51,52)21(43)17(35,36)13(27,28)11(23,24)14(29,30)18(21,37)38)55-57(49,50)56-10(6-4-2)8-48(46)59(53,54)22(44)19(39,40)15(31,32)12(25,26)16(33,34)20(22,41)42/h9-10H,3-8H2,1-2H3,(H,49,50). The number of hydrogen-bond acceptors (Lipinski definition) is 7. The first-order valence-electron chi connectivity index (χ1n) is 14.8. The number of alkyl halides is 22. The summed E-state index contributed by atoms with van der Waals surface area (Å²) in [5.41, 5.74) is 0. The third-order valence-electron chi connectivity index (χ3n) is 8.48. The van der Waals surface area contributed by atoms with E-state index in [9.17, 15) is 123 Å². The van der Waals surface area contributed by atoms with Gasteiger partial charge in [0.25, 0.3) is 20.0 Å². The topological polar surface area (TPSA) is 131 Å². The second kappa shape index (κ2) is 14.7. The van der Waals surface area contributed by atoms with Crippen LogP contribution in [-0.4, -0.2) is 125 Å². The Bertz CT molecular complexity index is 1680. The Morgan fingerprint density at radius 2 is 0.644 bits per heavy atom. The van der Waals surface area contributed by atoms with Crippen molar-refractivity contribution in [3.8, 4) is 0 Å². The highest BCUT2D eigenvalue weighted by Crippen LogP contribution is 2.72. The number of sulfonamides is 2. The van der Waals surface area contributed by atoms with Gasteiger partial charge in [0.2, 0.25) is 0 Å². The van der Waals surface area contributed by atoms with Crippen molar-refractivity contribution in [3.05, 3.63) is 0 Å². The van der Waals surface area contributed by atoms with Crippen LogP contribution in [0.3, 0.4) is 0 Å². The van der Waals surface area contributed by atoms with Crippen molar-refractivity contribution in [2.75, 3.05) is 13.1 Å². The number of hydrogen-bond donors (Lipinski definition) is 1. The molecule has 2 rings (SSSR count). The molecule has 0 aromatic carbocycles. The van der Waals surface area contributed by atoms with Crippen LogP contribution >= 0.6 is 7.82 Å². The summed E-state index contributed by atoms with van der Waals surface area (Å²) in [6.07, 6.45) is -10.4. The fraction of sp³-hybridized carbons (Fsp3) is 1.00. The molecule has 2 aliphatic rings. The van der Waals surface area contributed by atoms with E-state index in [4.69, 9.17) is 0 Å². The van der Waals surface area contributed by atoms with Gasteiger partial charge in [-0.05, 0) is 21.9 Å². The van der Waals surface area contributed by atoms with Crippen LogP contribution in [-0.2, 0) is 33.7 Å². The lowest BCUT2D eigenvalue weighted by atomic mass is 9.81. The van der Waals surface area contributed by atoms with Gasteiger partial charge in [-0.2, -0.15) is 87.8 Å². The first kappa shape index (κ1) is 53.4. The normalized spacial score (nSPS) is 28.7. The van der Waals surface area contributed by atoms with Crippen LogP contribution in [0.1, 0.15) is 39.5 Å². The van der Waals surface area contributed by atoms with E-state index in [1.807, 2.05) is 0 Å². The van der Waals surface area contributed by atoms with E-state index in [2.05, 4.69) is 9.05 Å². The van der Waals surface area contributed by atoms with Gasteiger partial charge in [-0.25, -0.2) is 30.2 Å². The smallest absolute Gasteiger partial charge is 0.302 e. The lowest BCUT2D eigenvalue weighted by Crippen LogP contribution is -2.86. The van der Waals surface area contributed by atoms with Crippen LogP contribution in [0.4, 0.5) is 106 Å². The molecule has 0 spiro atoms. The summed E-state index contributed by atoms with van der Waals surface area (Å²) in [4.78, 5) is 10.00. The first-order valence-corrected chi connectivity index (χ1v) is 19.2. The van der Waals surface area contributed by atoms with Crippen molar-refractivity contribution in [3.63, 3.8) is 0 Å². The first-order chi connectivity index (χ1) is 25.6. The van der Waals surface area contributed by atoms with Crippen molar-refractivity contribution >= 4 is 27.9 Å². The van der Waals surface area contributed by atoms with Crippen molar-refractivity contribution in [1.29, 1.82) is 0 Å². The Balaban J connectivity index is 2.54. The van der Waals surface area contributed by atoms with Crippen molar-refractivity contribution in [1.82, 2.24) is 9.05 Å². The van der Waals surface area contributed by atoms with E-state index in [1.165, 1.54) is 0 Å². The number of phosphoric acid groups is 1. The third-order valence-corrected chi connectivity index (χ3v) is 13.4. The van der Waals surface area contributed by atoms with Crippen molar-refractivity contribution in [2.45, 2.75) is 121 Å². The Morgan fingerprint density at radius 1 is 0.458 bits per heavy atom. The third kappa shape index (κ3) is 6.45. The average molecular weight is 992 g/mol. The molecule has 1 N–H and O–H groups in total. The molecule has 10 nitrogen and oxygen atoms in total. The Morgan fingerprint density at radius 3 is 0.831 bits per heavy atom. The molecule has 0 aromatic heterocycles. The van der Waals surface area contributed by atoms with E-state index in [1.54, 1.807) is 0 Å². The Labute approximate surface area is 312 Å². The summed E-state index contributed by atoms with van der Waals surface area (Å²) in [5, 5.41) is -16.2. The SMILES string of the molecule is CCCC(CN(F)S(=O)(=O)C1(F)C(F)(F)C(F)(F)C(F)(F)C(F)(F)C1(F)F)OP(=O)(O)OC(CCC)CN(F)S(=O)(=O)C1(F)C(F)(F)C(F)(F)C(F)(F)C(F)(F)C1(F)F. The summed E-state index contributed by atoms with van der Waals surface area (Å²) >= 11 is 0. The molecule has 59 heavy (non-hydrogen) atoms. The quantitative estimate of drug-likeness (QED) is 0.0932. The zero-order valence-electron chi connectivity index (χ0n) is 27.9. The van der Waals surface area contributed by atoms with Crippen LogP contribution in [0.2, 0.25) is 0 Å². The van der Waals surface area contributed by atoms with Crippen molar-refractivity contribution < 1.29 is 141 Å². The predicted octanol–water partition coefficient (Wildman–Crippen LogP) is 8.20. The summed E-state index contributed by atoms with van der Waals surface area (Å²) in [6.45, 7) is -4.14. The molecule has 2 aliphatic carbocycles. The zero-order valence-corrected chi connectivity index (χ0v) is 30.5. The largest absolute Gasteiger partial charge is 0.472 e. The zero-order chi connectivity index (χ0) is 47.5. The van der Waals surface area contributed by atoms with E-state index in [0.717, 1.165) is 13.8 Å². The van der Waals surface area contributed by atoms with Gasteiger partial charge in [0.1, 0.15) is 0 Å². The molecule has 0 aromatic rings. The van der Waals surface area contributed by atoms with Gasteiger partial charge < -0.3 is 4.89 Å². The maximum absolute atomic E-state index is 15.2. The summed E-state index contributed by atoms with van der Waals surface area (Å²) in [5.74, 6) is -81.3. The molecule has 0 aliphatic heterocycles. The number of phosphoric ester groups is 1. The second-order valence-electron chi connectivity index (χ2n) is 12.4. The molecule has 2 atom stereocenters. The Kier molecular flexibility index (Phi) is 13.3. The number of nitrogens with zero attached hydrogens (tertiary/aromatic N) is 2. The summed E-state index contributed by atoms with van der Waals surface area (Å²) in [7, 11) is -23.8. The average Bonchev–Trinajstić information content (AvgIpc) is 3.04. The molecular formula is C22H21F24N2O8PS2. The highest BCUT2D eigenvalue weighted by Gasteiger charge is 3.06. The van der Waals surface area contributed by atoms with Crippen LogP contribution in [0, 0.1) is 0 Å². The monoisotopic (exact) mass is 992 g/mol. The van der Waals surface area contributed by atoms with Gasteiger partial charge >= 0.3 is 77.0 Å². The number of halogens is 24. The molecule has 2 fully saturated rings. The van der Waals surface area contributed by atoms with E-state index < -0.39 is 157 Å². The molecule has 0 bridgehead atoms. The summed E-state index contributed by atoms with van der Waals surface area (Å²) < 4.78 is 403. The highest BCUT2D eigenvalue weighted by molar-refractivity contribution is 7.90. The molecule has 37 heteroatoms. The molecule has 0 saturated heterocycles. The number of rotatable bonds is 16. The lowest BCUT2D eigenvalue weighted by molar-refractivity contribution is -0.470. The lowest BCUT2D eigenvalue weighted by Gasteiger charge is -2.51. The fourth-order valence-corrected chi connectivity index (χ4v) is 9.45. The van der Waals surface area contributed by atoms with Gasteiger partial charge in [-0.15, -0.1) is 8.96 Å². The Hall–Kier alpha value is -1.75. The van der Waals surface area contributed by atoms with E-state index >= 15 is 8.78 Å². The predicted molar refractivity (Wildman–Crippen MR) is 140 cm³/mol. The summed E-state index contributed by atoms with van der Waals surface area (Å²) in [6, 6.07) is 0. The maximum atomic E-state index is 15.2. The highest BCUT2D eigenvalue weighted by atomic mass is 32.2. The fourth-order valence-electron chi connectivity index (χ4n) is 5.22. The second-order valence-corrected chi connectivity index (χ2v) is 17.6. The van der Waals surface area contributed by atoms with Crippen molar-refractivity contribution in [2.24, 2.45) is 0 Å². The van der Waals surface area contributed by atoms with E-state index in [-0.39, 0.29) is 0 Å². The molecule has 0 heterocycles. The van der Waals surface area contributed by atoms with Gasteiger partial charge in [-0.1, -0.05) is 26.7 Å². The van der Waals surface area contributed by atoms with E-state index in [0.29, 0.717) is 0 Å². The van der Waals surface area contributed by atoms with Gasteiger partial charge in [0.15, 0.2) is 0 Å². The minimum atomic E-state index is -8.58. The minimum Gasteiger partial charge on any atom is -0.302 e. The van der Waals surface area contributed by atoms with Crippen LogP contribution in [0.5, 0.6) is 0 Å². The van der Waals surface area contributed by atoms with Gasteiger partial charge in [-0.3, -0.25) is 9.05 Å².